The second kappa shape index (κ2) is 7.81. The van der Waals surface area contributed by atoms with E-state index >= 15 is 0 Å². The first kappa shape index (κ1) is 17.8. The van der Waals surface area contributed by atoms with Gasteiger partial charge in [-0.25, -0.2) is 0 Å². The molecule has 0 heterocycles. The van der Waals surface area contributed by atoms with Crippen LogP contribution in [0.25, 0.3) is 0 Å². The molecule has 0 aliphatic heterocycles. The number of carbonyl (C=O) groups excluding carboxylic acids is 1. The highest BCUT2D eigenvalue weighted by Gasteiger charge is 2.33. The van der Waals surface area contributed by atoms with Gasteiger partial charge in [-0.3, -0.25) is 4.79 Å². The van der Waals surface area contributed by atoms with Gasteiger partial charge in [0.1, 0.15) is 0 Å². The van der Waals surface area contributed by atoms with E-state index in [4.69, 9.17) is 0 Å². The fraction of sp³-hybridized carbons (Fsp3) is 0.588. The Kier molecular flexibility index (Phi) is 6.04. The van der Waals surface area contributed by atoms with E-state index in [0.717, 1.165) is 18.9 Å². The highest BCUT2D eigenvalue weighted by atomic mass is 19.4. The number of hydrogen-bond donors (Lipinski definition) is 2. The van der Waals surface area contributed by atoms with Crippen molar-refractivity contribution in [1.29, 1.82) is 0 Å². The standard InChI is InChI=1S/C17H23F3N2O/c1-12(21-13-7-3-2-4-8-13)11-16(23)22-15-10-6-5-9-14(15)17(18,19)20/h5-6,9-10,12-13,21H,2-4,7-8,11H2,1H3,(H,22,23). The maximum atomic E-state index is 12.9. The molecule has 1 unspecified atom stereocenters. The molecule has 6 heteroatoms. The van der Waals surface area contributed by atoms with E-state index < -0.39 is 17.6 Å². The van der Waals surface area contributed by atoms with Gasteiger partial charge in [-0.1, -0.05) is 31.4 Å². The minimum Gasteiger partial charge on any atom is -0.325 e. The van der Waals surface area contributed by atoms with Gasteiger partial charge in [-0.05, 0) is 31.9 Å². The summed E-state index contributed by atoms with van der Waals surface area (Å²) in [7, 11) is 0. The SMILES string of the molecule is CC(CC(=O)Nc1ccccc1C(F)(F)F)NC1CCCCC1. The summed E-state index contributed by atoms with van der Waals surface area (Å²) in [5, 5.41) is 5.78. The maximum Gasteiger partial charge on any atom is 0.418 e. The molecule has 1 fully saturated rings. The lowest BCUT2D eigenvalue weighted by Gasteiger charge is -2.26. The van der Waals surface area contributed by atoms with E-state index in [2.05, 4.69) is 10.6 Å². The minimum atomic E-state index is -4.48. The lowest BCUT2D eigenvalue weighted by atomic mass is 9.95. The van der Waals surface area contributed by atoms with Crippen molar-refractivity contribution in [1.82, 2.24) is 5.32 Å². The number of benzene rings is 1. The number of amides is 1. The summed E-state index contributed by atoms with van der Waals surface area (Å²) in [6.45, 7) is 1.89. The van der Waals surface area contributed by atoms with Gasteiger partial charge in [-0.2, -0.15) is 13.2 Å². The number of halogens is 3. The number of alkyl halides is 3. The predicted octanol–water partition coefficient (Wildman–Crippen LogP) is 4.34. The van der Waals surface area contributed by atoms with Crippen LogP contribution < -0.4 is 10.6 Å². The molecule has 2 N–H and O–H groups in total. The van der Waals surface area contributed by atoms with Gasteiger partial charge >= 0.3 is 6.18 Å². The molecule has 0 aromatic heterocycles. The molecular weight excluding hydrogens is 305 g/mol. The number of carbonyl (C=O) groups is 1. The van der Waals surface area contributed by atoms with Crippen LogP contribution >= 0.6 is 0 Å². The van der Waals surface area contributed by atoms with Crippen molar-refractivity contribution in [2.24, 2.45) is 0 Å². The second-order valence-corrected chi connectivity index (χ2v) is 6.20. The molecule has 1 aliphatic carbocycles. The minimum absolute atomic E-state index is 0.0591. The van der Waals surface area contributed by atoms with Gasteiger partial charge in [0.05, 0.1) is 11.3 Å². The summed E-state index contributed by atoms with van der Waals surface area (Å²) in [5.41, 5.74) is -1.00. The van der Waals surface area contributed by atoms with E-state index in [9.17, 15) is 18.0 Å². The summed E-state index contributed by atoms with van der Waals surface area (Å²) in [4.78, 5) is 12.0. The third kappa shape index (κ3) is 5.53. The summed E-state index contributed by atoms with van der Waals surface area (Å²) in [5.74, 6) is -0.405. The molecule has 2 rings (SSSR count). The average molecular weight is 328 g/mol. The van der Waals surface area contributed by atoms with Crippen molar-refractivity contribution < 1.29 is 18.0 Å². The van der Waals surface area contributed by atoms with E-state index in [1.807, 2.05) is 6.92 Å². The van der Waals surface area contributed by atoms with Crippen molar-refractivity contribution in [2.45, 2.75) is 63.7 Å². The summed E-state index contributed by atoms with van der Waals surface area (Å²) in [6.07, 6.45) is 1.51. The summed E-state index contributed by atoms with van der Waals surface area (Å²) >= 11 is 0. The molecule has 1 aliphatic rings. The zero-order chi connectivity index (χ0) is 16.9. The fourth-order valence-electron chi connectivity index (χ4n) is 3.05. The molecule has 23 heavy (non-hydrogen) atoms. The van der Waals surface area contributed by atoms with Crippen molar-refractivity contribution in [3.8, 4) is 0 Å². The van der Waals surface area contributed by atoms with Gasteiger partial charge < -0.3 is 10.6 Å². The van der Waals surface area contributed by atoms with Crippen LogP contribution in [-0.4, -0.2) is 18.0 Å². The molecule has 1 aromatic rings. The van der Waals surface area contributed by atoms with Crippen LogP contribution in [0.2, 0.25) is 0 Å². The number of nitrogens with one attached hydrogen (secondary N) is 2. The monoisotopic (exact) mass is 328 g/mol. The van der Waals surface area contributed by atoms with Gasteiger partial charge in [0, 0.05) is 18.5 Å². The van der Waals surface area contributed by atoms with Gasteiger partial charge in [0.25, 0.3) is 0 Å². The lowest BCUT2D eigenvalue weighted by molar-refractivity contribution is -0.137. The Hall–Kier alpha value is -1.56. The van der Waals surface area contributed by atoms with Crippen LogP contribution in [-0.2, 0) is 11.0 Å². The zero-order valence-electron chi connectivity index (χ0n) is 13.2. The predicted molar refractivity (Wildman–Crippen MR) is 84.2 cm³/mol. The summed E-state index contributed by atoms with van der Waals surface area (Å²) < 4.78 is 38.7. The average Bonchev–Trinajstić information content (AvgIpc) is 2.47. The zero-order valence-corrected chi connectivity index (χ0v) is 13.2. The van der Waals surface area contributed by atoms with Crippen LogP contribution in [0.15, 0.2) is 24.3 Å². The lowest BCUT2D eigenvalue weighted by Crippen LogP contribution is -2.39. The third-order valence-electron chi connectivity index (χ3n) is 4.12. The van der Waals surface area contributed by atoms with Crippen molar-refractivity contribution in [3.63, 3.8) is 0 Å². The van der Waals surface area contributed by atoms with E-state index in [-0.39, 0.29) is 18.2 Å². The molecule has 1 amide bonds. The van der Waals surface area contributed by atoms with Crippen molar-refractivity contribution in [2.75, 3.05) is 5.32 Å². The Morgan fingerprint density at radius 3 is 2.52 bits per heavy atom. The first-order valence-corrected chi connectivity index (χ1v) is 8.08. The first-order chi connectivity index (χ1) is 10.9. The Balaban J connectivity index is 1.89. The largest absolute Gasteiger partial charge is 0.418 e. The van der Waals surface area contributed by atoms with Crippen LogP contribution in [0.5, 0.6) is 0 Å². The molecule has 1 atom stereocenters. The molecule has 0 saturated heterocycles. The van der Waals surface area contributed by atoms with Gasteiger partial charge in [-0.15, -0.1) is 0 Å². The Labute approximate surface area is 134 Å². The third-order valence-corrected chi connectivity index (χ3v) is 4.12. The molecule has 128 valence electrons. The van der Waals surface area contributed by atoms with Crippen molar-refractivity contribution >= 4 is 11.6 Å². The molecule has 1 aromatic carbocycles. The molecule has 3 nitrogen and oxygen atoms in total. The Morgan fingerprint density at radius 2 is 1.87 bits per heavy atom. The number of anilines is 1. The fourth-order valence-corrected chi connectivity index (χ4v) is 3.05. The van der Waals surface area contributed by atoms with Gasteiger partial charge in [0.2, 0.25) is 5.91 Å². The first-order valence-electron chi connectivity index (χ1n) is 8.08. The normalized spacial score (nSPS) is 17.7. The number of rotatable bonds is 5. The van der Waals surface area contributed by atoms with Crippen LogP contribution in [0.3, 0.4) is 0 Å². The quantitative estimate of drug-likeness (QED) is 0.844. The van der Waals surface area contributed by atoms with E-state index in [1.54, 1.807) is 0 Å². The van der Waals surface area contributed by atoms with Gasteiger partial charge in [0.15, 0.2) is 0 Å². The van der Waals surface area contributed by atoms with Crippen LogP contribution in [0.1, 0.15) is 51.0 Å². The second-order valence-electron chi connectivity index (χ2n) is 6.20. The molecular formula is C17H23F3N2O. The van der Waals surface area contributed by atoms with Crippen LogP contribution in [0, 0.1) is 0 Å². The molecule has 0 bridgehead atoms. The maximum absolute atomic E-state index is 12.9. The van der Waals surface area contributed by atoms with E-state index in [0.29, 0.717) is 6.04 Å². The topological polar surface area (TPSA) is 41.1 Å². The smallest absolute Gasteiger partial charge is 0.325 e. The molecule has 0 spiro atoms. The highest BCUT2D eigenvalue weighted by molar-refractivity contribution is 5.92. The Morgan fingerprint density at radius 1 is 1.22 bits per heavy atom. The highest BCUT2D eigenvalue weighted by Crippen LogP contribution is 2.34. The summed E-state index contributed by atoms with van der Waals surface area (Å²) in [6, 6.07) is 5.39. The van der Waals surface area contributed by atoms with E-state index in [1.165, 1.54) is 37.5 Å². The molecule has 1 saturated carbocycles. The van der Waals surface area contributed by atoms with Crippen molar-refractivity contribution in [3.05, 3.63) is 29.8 Å². The Bertz CT molecular complexity index is 525. The molecule has 0 radical (unpaired) electrons. The van der Waals surface area contributed by atoms with Crippen LogP contribution in [0.4, 0.5) is 18.9 Å². The number of para-hydroxylation sites is 1. The number of hydrogen-bond acceptors (Lipinski definition) is 2.